The molecule has 9 aromatic carbocycles. The normalized spacial score (nSPS) is 13.9. The van der Waals surface area contributed by atoms with Crippen LogP contribution in [0.4, 0.5) is 17.1 Å². The third kappa shape index (κ3) is 5.31. The summed E-state index contributed by atoms with van der Waals surface area (Å²) in [6, 6.07) is 82.9. The molecule has 0 amide bonds. The zero-order valence-corrected chi connectivity index (χ0v) is 33.3. The Hall–Kier alpha value is -7.22. The molecule has 59 heavy (non-hydrogen) atoms. The van der Waals surface area contributed by atoms with Gasteiger partial charge >= 0.3 is 0 Å². The highest BCUT2D eigenvalue weighted by Gasteiger charge is 2.46. The van der Waals surface area contributed by atoms with E-state index in [4.69, 9.17) is 0 Å². The van der Waals surface area contributed by atoms with Crippen LogP contribution >= 0.6 is 0 Å². The predicted molar refractivity (Wildman–Crippen MR) is 247 cm³/mol. The third-order valence-electron chi connectivity index (χ3n) is 12.9. The molecule has 0 atom stereocenters. The molecule has 0 fully saturated rings. The van der Waals surface area contributed by atoms with E-state index in [9.17, 15) is 0 Å². The number of hydrogen-bond acceptors (Lipinski definition) is 1. The lowest BCUT2D eigenvalue weighted by Gasteiger charge is -2.36. The van der Waals surface area contributed by atoms with Crippen LogP contribution < -0.4 is 4.90 Å². The second-order valence-electron chi connectivity index (χ2n) is 16.4. The van der Waals surface area contributed by atoms with Crippen LogP contribution in [-0.4, -0.2) is 0 Å². The molecule has 2 aliphatic rings. The fraction of sp³-hybridized carbons (Fsp3) is 0.0690. The summed E-state index contributed by atoms with van der Waals surface area (Å²) in [5.74, 6) is 0. The second-order valence-corrected chi connectivity index (χ2v) is 16.4. The highest BCUT2D eigenvalue weighted by atomic mass is 15.1. The maximum Gasteiger partial charge on any atom is 0.0714 e. The van der Waals surface area contributed by atoms with E-state index in [0.29, 0.717) is 0 Å². The average Bonchev–Trinajstić information content (AvgIpc) is 3.74. The molecule has 0 N–H and O–H groups in total. The van der Waals surface area contributed by atoms with E-state index < -0.39 is 5.41 Å². The minimum Gasteiger partial charge on any atom is -0.310 e. The van der Waals surface area contributed by atoms with Crippen molar-refractivity contribution < 1.29 is 0 Å². The molecule has 0 saturated heterocycles. The van der Waals surface area contributed by atoms with Gasteiger partial charge in [-0.25, -0.2) is 0 Å². The minimum absolute atomic E-state index is 0.263. The molecular weight excluding hydrogens is 711 g/mol. The first kappa shape index (κ1) is 35.0. The average molecular weight is 754 g/mol. The lowest BCUT2D eigenvalue weighted by molar-refractivity contribution is 0.661. The van der Waals surface area contributed by atoms with Gasteiger partial charge in [0, 0.05) is 16.8 Å². The molecule has 0 saturated carbocycles. The zero-order chi connectivity index (χ0) is 39.6. The Morgan fingerprint density at radius 2 is 0.847 bits per heavy atom. The molecule has 0 bridgehead atoms. The summed E-state index contributed by atoms with van der Waals surface area (Å²) in [6.45, 7) is 4.81. The molecule has 2 aliphatic carbocycles. The van der Waals surface area contributed by atoms with Gasteiger partial charge in [-0.1, -0.05) is 208 Å². The summed E-state index contributed by atoms with van der Waals surface area (Å²) < 4.78 is 0. The molecule has 11 rings (SSSR count). The van der Waals surface area contributed by atoms with Crippen molar-refractivity contribution in [1.29, 1.82) is 0 Å². The Bertz CT molecular complexity index is 2950. The van der Waals surface area contributed by atoms with Crippen molar-refractivity contribution in [2.75, 3.05) is 4.90 Å². The highest BCUT2D eigenvalue weighted by Crippen LogP contribution is 2.59. The van der Waals surface area contributed by atoms with Crippen LogP contribution in [0.25, 0.3) is 44.5 Å². The first-order valence-corrected chi connectivity index (χ1v) is 20.7. The van der Waals surface area contributed by atoms with Crippen molar-refractivity contribution in [2.45, 2.75) is 24.7 Å². The molecule has 0 unspecified atom stereocenters. The van der Waals surface area contributed by atoms with E-state index in [0.717, 1.165) is 11.4 Å². The van der Waals surface area contributed by atoms with Gasteiger partial charge in [-0.15, -0.1) is 0 Å². The molecule has 280 valence electrons. The van der Waals surface area contributed by atoms with Gasteiger partial charge in [0.25, 0.3) is 0 Å². The Kier molecular flexibility index (Phi) is 8.13. The van der Waals surface area contributed by atoms with Gasteiger partial charge in [0.15, 0.2) is 0 Å². The number of fused-ring (bicyclic) bond motifs is 6. The van der Waals surface area contributed by atoms with E-state index in [1.54, 1.807) is 0 Å². The summed E-state index contributed by atoms with van der Waals surface area (Å²) in [4.78, 5) is 2.52. The van der Waals surface area contributed by atoms with Crippen molar-refractivity contribution in [2.24, 2.45) is 0 Å². The largest absolute Gasteiger partial charge is 0.310 e. The highest BCUT2D eigenvalue weighted by molar-refractivity contribution is 5.98. The Balaban J connectivity index is 1.19. The summed E-state index contributed by atoms with van der Waals surface area (Å²) in [5, 5.41) is 0. The molecule has 0 radical (unpaired) electrons. The van der Waals surface area contributed by atoms with Crippen LogP contribution in [0.3, 0.4) is 0 Å². The van der Waals surface area contributed by atoms with Gasteiger partial charge in [0.1, 0.15) is 0 Å². The van der Waals surface area contributed by atoms with Crippen molar-refractivity contribution >= 4 is 17.1 Å². The van der Waals surface area contributed by atoms with Gasteiger partial charge in [-0.2, -0.15) is 0 Å². The molecule has 0 aromatic heterocycles. The SMILES string of the molecule is CC1(C)c2ccccc2-c2c(-c3ccccc3)ccc(N(c3ccc(-c4ccccc4)cc3)c3cccc(C4(c5ccccc5)c5ccccc5-c5ccccc54)c3)c21. The van der Waals surface area contributed by atoms with E-state index in [2.05, 4.69) is 243 Å². The fourth-order valence-electron chi connectivity index (χ4n) is 10.4. The monoisotopic (exact) mass is 753 g/mol. The number of nitrogens with zero attached hydrogens (tertiary/aromatic N) is 1. The first-order chi connectivity index (χ1) is 29.0. The number of rotatable bonds is 7. The Labute approximate surface area is 347 Å². The molecule has 1 heteroatoms. The topological polar surface area (TPSA) is 3.24 Å². The molecule has 0 spiro atoms. The zero-order valence-electron chi connectivity index (χ0n) is 33.3. The second kappa shape index (κ2) is 13.7. The number of hydrogen-bond donors (Lipinski definition) is 0. The van der Waals surface area contributed by atoms with E-state index in [1.165, 1.54) is 83.6 Å². The fourth-order valence-corrected chi connectivity index (χ4v) is 10.4. The summed E-state index contributed by atoms with van der Waals surface area (Å²) in [7, 11) is 0. The maximum absolute atomic E-state index is 2.52. The third-order valence-corrected chi connectivity index (χ3v) is 12.9. The van der Waals surface area contributed by atoms with Gasteiger partial charge in [0.2, 0.25) is 0 Å². The van der Waals surface area contributed by atoms with Gasteiger partial charge in [-0.05, 0) is 108 Å². The lowest BCUT2D eigenvalue weighted by atomic mass is 9.67. The van der Waals surface area contributed by atoms with Crippen LogP contribution in [0.1, 0.15) is 47.2 Å². The lowest BCUT2D eigenvalue weighted by Crippen LogP contribution is -2.29. The summed E-state index contributed by atoms with van der Waals surface area (Å²) in [6.07, 6.45) is 0. The van der Waals surface area contributed by atoms with E-state index in [1.807, 2.05) is 0 Å². The molecule has 0 aliphatic heterocycles. The smallest absolute Gasteiger partial charge is 0.0714 e. The van der Waals surface area contributed by atoms with Crippen LogP contribution in [0.5, 0.6) is 0 Å². The van der Waals surface area contributed by atoms with Crippen molar-refractivity contribution in [3.8, 4) is 44.5 Å². The van der Waals surface area contributed by atoms with Gasteiger partial charge < -0.3 is 4.90 Å². The van der Waals surface area contributed by atoms with E-state index >= 15 is 0 Å². The minimum atomic E-state index is -0.512. The van der Waals surface area contributed by atoms with Crippen LogP contribution in [0, 0.1) is 0 Å². The standard InChI is InChI=1S/C58H43N/c1-57(2)51-30-15-14-29-50(51)55-47(42-21-8-4-9-22-42)37-38-54(56(55)57)59(45-35-33-41(34-36-45)40-19-6-3-7-20-40)46-26-18-25-44(39-46)58(43-23-10-5-11-24-43)52-31-16-12-27-48(52)49-28-13-17-32-53(49)58/h3-39H,1-2H3. The molecular formula is C58H43N. The van der Waals surface area contributed by atoms with Crippen molar-refractivity contribution in [3.63, 3.8) is 0 Å². The van der Waals surface area contributed by atoms with Crippen molar-refractivity contribution in [1.82, 2.24) is 0 Å². The quantitative estimate of drug-likeness (QED) is 0.157. The molecule has 1 nitrogen and oxygen atoms in total. The van der Waals surface area contributed by atoms with Crippen LogP contribution in [-0.2, 0) is 10.8 Å². The number of anilines is 3. The Morgan fingerprint density at radius 3 is 1.49 bits per heavy atom. The maximum atomic E-state index is 2.52. The predicted octanol–water partition coefficient (Wildman–Crippen LogP) is 15.2. The van der Waals surface area contributed by atoms with Crippen molar-refractivity contribution in [3.05, 3.63) is 258 Å². The van der Waals surface area contributed by atoms with E-state index in [-0.39, 0.29) is 5.41 Å². The van der Waals surface area contributed by atoms with Gasteiger partial charge in [0.05, 0.1) is 11.1 Å². The van der Waals surface area contributed by atoms with Crippen LogP contribution in [0.15, 0.2) is 224 Å². The summed E-state index contributed by atoms with van der Waals surface area (Å²) in [5.41, 5.74) is 20.6. The number of benzene rings is 9. The molecule has 0 heterocycles. The summed E-state index contributed by atoms with van der Waals surface area (Å²) >= 11 is 0. The Morgan fingerprint density at radius 1 is 0.339 bits per heavy atom. The van der Waals surface area contributed by atoms with Gasteiger partial charge in [-0.3, -0.25) is 0 Å². The first-order valence-electron chi connectivity index (χ1n) is 20.7. The van der Waals surface area contributed by atoms with Crippen LogP contribution in [0.2, 0.25) is 0 Å². The molecule has 9 aromatic rings.